The molecule has 0 aromatic heterocycles. The monoisotopic (exact) mass is 229 g/mol. The van der Waals surface area contributed by atoms with Crippen LogP contribution < -0.4 is 0 Å². The molecule has 0 saturated carbocycles. The summed E-state index contributed by atoms with van der Waals surface area (Å²) < 4.78 is 13.5. The maximum Gasteiger partial charge on any atom is 0.141 e. The zero-order chi connectivity index (χ0) is 12.3. The van der Waals surface area contributed by atoms with E-state index in [4.69, 9.17) is 5.26 Å². The zero-order valence-corrected chi connectivity index (χ0v) is 10.0. The summed E-state index contributed by atoms with van der Waals surface area (Å²) in [5.41, 5.74) is 2.27. The minimum atomic E-state index is -0.413. The predicted octanol–water partition coefficient (Wildman–Crippen LogP) is 4.29. The van der Waals surface area contributed by atoms with Gasteiger partial charge in [-0.05, 0) is 48.4 Å². The molecule has 88 valence electrons. The van der Waals surface area contributed by atoms with Gasteiger partial charge >= 0.3 is 0 Å². The van der Waals surface area contributed by atoms with Crippen LogP contribution in [0.3, 0.4) is 0 Å². The molecule has 0 heterocycles. The summed E-state index contributed by atoms with van der Waals surface area (Å²) in [7, 11) is 0. The lowest BCUT2D eigenvalue weighted by atomic mass is 9.85. The Morgan fingerprint density at radius 1 is 1.47 bits per heavy atom. The Bertz CT molecular complexity index is 482. The molecule has 0 radical (unpaired) electrons. The normalized spacial score (nSPS) is 19.6. The molecule has 1 unspecified atom stereocenters. The van der Waals surface area contributed by atoms with Gasteiger partial charge in [-0.3, -0.25) is 0 Å². The van der Waals surface area contributed by atoms with Crippen molar-refractivity contribution in [1.29, 1.82) is 5.26 Å². The summed E-state index contributed by atoms with van der Waals surface area (Å²) in [5, 5.41) is 8.68. The van der Waals surface area contributed by atoms with E-state index < -0.39 is 5.82 Å². The molecule has 1 aromatic rings. The van der Waals surface area contributed by atoms with Gasteiger partial charge in [-0.1, -0.05) is 25.5 Å². The topological polar surface area (TPSA) is 23.8 Å². The van der Waals surface area contributed by atoms with Crippen molar-refractivity contribution in [2.45, 2.75) is 32.6 Å². The lowest BCUT2D eigenvalue weighted by molar-refractivity contribution is 0.470. The van der Waals surface area contributed by atoms with E-state index in [1.54, 1.807) is 6.07 Å². The molecule has 1 aromatic carbocycles. The van der Waals surface area contributed by atoms with Gasteiger partial charge in [0.25, 0.3) is 0 Å². The van der Waals surface area contributed by atoms with Crippen LogP contribution in [-0.4, -0.2) is 0 Å². The molecule has 1 nitrogen and oxygen atoms in total. The fraction of sp³-hybridized carbons (Fsp3) is 0.400. The summed E-state index contributed by atoms with van der Waals surface area (Å²) in [5.74, 6) is 0.366. The van der Waals surface area contributed by atoms with Crippen molar-refractivity contribution in [3.8, 4) is 6.07 Å². The highest BCUT2D eigenvalue weighted by Crippen LogP contribution is 2.32. The van der Waals surface area contributed by atoms with E-state index in [0.717, 1.165) is 24.3 Å². The summed E-state index contributed by atoms with van der Waals surface area (Å²) in [6, 6.07) is 6.74. The number of hydrogen-bond acceptors (Lipinski definition) is 1. The summed E-state index contributed by atoms with van der Waals surface area (Å²) >= 11 is 0. The summed E-state index contributed by atoms with van der Waals surface area (Å²) in [4.78, 5) is 0. The van der Waals surface area contributed by atoms with Gasteiger partial charge in [-0.25, -0.2) is 4.39 Å². The van der Waals surface area contributed by atoms with Gasteiger partial charge in [0.2, 0.25) is 0 Å². The fourth-order valence-electron chi connectivity index (χ4n) is 2.33. The molecule has 17 heavy (non-hydrogen) atoms. The number of hydrogen-bond donors (Lipinski definition) is 0. The average molecular weight is 229 g/mol. The standard InChI is InChI=1S/C15H16FN/c1-2-11-3-5-12(6-4-11)13-7-8-14(10-17)15(16)9-13/h5,7-9,11H,2-4,6H2,1H3. The third-order valence-corrected chi connectivity index (χ3v) is 3.56. The molecule has 0 amide bonds. The van der Waals surface area contributed by atoms with Gasteiger partial charge in [-0.2, -0.15) is 5.26 Å². The van der Waals surface area contributed by atoms with E-state index in [9.17, 15) is 4.39 Å². The van der Waals surface area contributed by atoms with Crippen LogP contribution in [0.4, 0.5) is 4.39 Å². The van der Waals surface area contributed by atoms with Crippen molar-refractivity contribution in [3.05, 3.63) is 41.2 Å². The Labute approximate surface area is 102 Å². The lowest BCUT2D eigenvalue weighted by Crippen LogP contribution is -2.04. The van der Waals surface area contributed by atoms with Crippen molar-refractivity contribution < 1.29 is 4.39 Å². The molecule has 2 heteroatoms. The third-order valence-electron chi connectivity index (χ3n) is 3.56. The zero-order valence-electron chi connectivity index (χ0n) is 10.0. The minimum Gasteiger partial charge on any atom is -0.206 e. The molecule has 0 spiro atoms. The molecule has 1 aliphatic rings. The second kappa shape index (κ2) is 5.14. The molecular formula is C15H16FN. The van der Waals surface area contributed by atoms with E-state index in [1.165, 1.54) is 24.5 Å². The highest BCUT2D eigenvalue weighted by Gasteiger charge is 2.14. The highest BCUT2D eigenvalue weighted by atomic mass is 19.1. The number of rotatable bonds is 2. The lowest BCUT2D eigenvalue weighted by Gasteiger charge is -2.20. The predicted molar refractivity (Wildman–Crippen MR) is 66.7 cm³/mol. The van der Waals surface area contributed by atoms with Gasteiger partial charge in [0.1, 0.15) is 11.9 Å². The number of allylic oxidation sites excluding steroid dienone is 2. The second-order valence-electron chi connectivity index (χ2n) is 4.58. The second-order valence-corrected chi connectivity index (χ2v) is 4.58. The van der Waals surface area contributed by atoms with Crippen molar-refractivity contribution in [1.82, 2.24) is 0 Å². The molecular weight excluding hydrogens is 213 g/mol. The van der Waals surface area contributed by atoms with Crippen molar-refractivity contribution in [2.75, 3.05) is 0 Å². The highest BCUT2D eigenvalue weighted by molar-refractivity contribution is 5.66. The summed E-state index contributed by atoms with van der Waals surface area (Å²) in [6.45, 7) is 2.21. The van der Waals surface area contributed by atoms with Crippen LogP contribution in [0.5, 0.6) is 0 Å². The largest absolute Gasteiger partial charge is 0.206 e. The molecule has 0 bridgehead atoms. The van der Waals surface area contributed by atoms with Crippen LogP contribution in [0.1, 0.15) is 43.7 Å². The van der Waals surface area contributed by atoms with Gasteiger partial charge in [0.05, 0.1) is 5.56 Å². The molecule has 0 saturated heterocycles. The van der Waals surface area contributed by atoms with Gasteiger partial charge in [-0.15, -0.1) is 0 Å². The Morgan fingerprint density at radius 3 is 2.82 bits per heavy atom. The van der Waals surface area contributed by atoms with Gasteiger partial charge < -0.3 is 0 Å². The smallest absolute Gasteiger partial charge is 0.141 e. The number of nitrogens with zero attached hydrogens (tertiary/aromatic N) is 1. The Balaban J connectivity index is 2.22. The summed E-state index contributed by atoms with van der Waals surface area (Å²) in [6.07, 6.45) is 6.73. The quantitative estimate of drug-likeness (QED) is 0.742. The van der Waals surface area contributed by atoms with Crippen LogP contribution in [0, 0.1) is 23.1 Å². The first-order valence-electron chi connectivity index (χ1n) is 6.13. The molecule has 2 rings (SSSR count). The van der Waals surface area contributed by atoms with Crippen LogP contribution in [0.15, 0.2) is 24.3 Å². The number of nitriles is 1. The van der Waals surface area contributed by atoms with E-state index >= 15 is 0 Å². The average Bonchev–Trinajstić information content (AvgIpc) is 2.39. The Kier molecular flexibility index (Phi) is 3.58. The Morgan fingerprint density at radius 2 is 2.29 bits per heavy atom. The molecule has 1 atom stereocenters. The van der Waals surface area contributed by atoms with Gasteiger partial charge in [0.15, 0.2) is 0 Å². The van der Waals surface area contributed by atoms with E-state index in [-0.39, 0.29) is 5.56 Å². The first-order valence-corrected chi connectivity index (χ1v) is 6.13. The van der Waals surface area contributed by atoms with Crippen molar-refractivity contribution in [3.63, 3.8) is 0 Å². The third kappa shape index (κ3) is 2.55. The molecule has 0 fully saturated rings. The minimum absolute atomic E-state index is 0.122. The fourth-order valence-corrected chi connectivity index (χ4v) is 2.33. The van der Waals surface area contributed by atoms with E-state index in [2.05, 4.69) is 13.0 Å². The Hall–Kier alpha value is -1.62. The van der Waals surface area contributed by atoms with Crippen LogP contribution in [-0.2, 0) is 0 Å². The van der Waals surface area contributed by atoms with Crippen LogP contribution in [0.2, 0.25) is 0 Å². The van der Waals surface area contributed by atoms with E-state index in [0.29, 0.717) is 0 Å². The maximum atomic E-state index is 13.5. The number of halogens is 1. The SMILES string of the molecule is CCC1CC=C(c2ccc(C#N)c(F)c2)CC1. The first kappa shape index (κ1) is 11.9. The van der Waals surface area contributed by atoms with E-state index in [1.807, 2.05) is 12.1 Å². The first-order chi connectivity index (χ1) is 8.24. The van der Waals surface area contributed by atoms with Crippen molar-refractivity contribution in [2.24, 2.45) is 5.92 Å². The van der Waals surface area contributed by atoms with Gasteiger partial charge in [0, 0.05) is 0 Å². The molecule has 1 aliphatic carbocycles. The van der Waals surface area contributed by atoms with Crippen LogP contribution >= 0.6 is 0 Å². The number of benzene rings is 1. The maximum absolute atomic E-state index is 13.5. The van der Waals surface area contributed by atoms with Crippen LogP contribution in [0.25, 0.3) is 5.57 Å². The van der Waals surface area contributed by atoms with Crippen molar-refractivity contribution >= 4 is 5.57 Å². The molecule has 0 N–H and O–H groups in total. The molecule has 0 aliphatic heterocycles.